The van der Waals surface area contributed by atoms with Gasteiger partial charge in [-0.15, -0.1) is 0 Å². The molecule has 1 saturated heterocycles. The first-order valence-electron chi connectivity index (χ1n) is 6.85. The molecule has 1 aliphatic rings. The third-order valence-electron chi connectivity index (χ3n) is 3.91. The molecular weight excluding hydrogens is 226 g/mol. The van der Waals surface area contributed by atoms with Crippen molar-refractivity contribution >= 4 is 5.91 Å². The molecule has 4 nitrogen and oxygen atoms in total. The van der Waals surface area contributed by atoms with E-state index in [-0.39, 0.29) is 23.4 Å². The van der Waals surface area contributed by atoms with Crippen LogP contribution in [0.2, 0.25) is 0 Å². The van der Waals surface area contributed by atoms with Crippen molar-refractivity contribution in [2.45, 2.75) is 58.5 Å². The second-order valence-corrected chi connectivity index (χ2v) is 5.87. The SMILES string of the molecule is CCC(C)(C)NC(=O)C(C)N1CCCC(C#N)C1. The average molecular weight is 251 g/mol. The Balaban J connectivity index is 2.56. The maximum absolute atomic E-state index is 12.2. The molecule has 0 aliphatic carbocycles. The lowest BCUT2D eigenvalue weighted by atomic mass is 9.97. The number of nitrogens with zero attached hydrogens (tertiary/aromatic N) is 2. The van der Waals surface area contributed by atoms with E-state index in [9.17, 15) is 4.79 Å². The summed E-state index contributed by atoms with van der Waals surface area (Å²) in [6.45, 7) is 9.70. The van der Waals surface area contributed by atoms with E-state index >= 15 is 0 Å². The normalized spacial score (nSPS) is 23.2. The highest BCUT2D eigenvalue weighted by atomic mass is 16.2. The van der Waals surface area contributed by atoms with Crippen LogP contribution in [0.1, 0.15) is 47.0 Å². The van der Waals surface area contributed by atoms with Gasteiger partial charge in [0.1, 0.15) is 0 Å². The van der Waals surface area contributed by atoms with Gasteiger partial charge in [-0.2, -0.15) is 5.26 Å². The molecule has 0 aromatic heterocycles. The molecule has 0 spiro atoms. The van der Waals surface area contributed by atoms with Crippen LogP contribution in [0.5, 0.6) is 0 Å². The molecule has 1 rings (SSSR count). The van der Waals surface area contributed by atoms with Crippen molar-refractivity contribution in [3.63, 3.8) is 0 Å². The number of amides is 1. The number of hydrogen-bond donors (Lipinski definition) is 1. The molecule has 1 N–H and O–H groups in total. The molecule has 2 atom stereocenters. The van der Waals surface area contributed by atoms with E-state index in [4.69, 9.17) is 5.26 Å². The molecule has 18 heavy (non-hydrogen) atoms. The fourth-order valence-corrected chi connectivity index (χ4v) is 2.16. The van der Waals surface area contributed by atoms with E-state index in [0.717, 1.165) is 32.4 Å². The van der Waals surface area contributed by atoms with Crippen molar-refractivity contribution in [1.29, 1.82) is 5.26 Å². The Labute approximate surface area is 110 Å². The van der Waals surface area contributed by atoms with Gasteiger partial charge >= 0.3 is 0 Å². The van der Waals surface area contributed by atoms with Crippen LogP contribution in [0.15, 0.2) is 0 Å². The van der Waals surface area contributed by atoms with Gasteiger partial charge in [-0.05, 0) is 46.6 Å². The molecule has 1 aliphatic heterocycles. The summed E-state index contributed by atoms with van der Waals surface area (Å²) in [5.74, 6) is 0.147. The lowest BCUT2D eigenvalue weighted by Crippen LogP contribution is -2.53. The zero-order chi connectivity index (χ0) is 13.8. The first kappa shape index (κ1) is 15.0. The highest BCUT2D eigenvalue weighted by Crippen LogP contribution is 2.18. The fraction of sp³-hybridized carbons (Fsp3) is 0.857. The lowest BCUT2D eigenvalue weighted by molar-refractivity contribution is -0.128. The molecule has 1 fully saturated rings. The molecule has 1 heterocycles. The number of nitrogens with one attached hydrogen (secondary N) is 1. The summed E-state index contributed by atoms with van der Waals surface area (Å²) in [5.41, 5.74) is -0.157. The van der Waals surface area contributed by atoms with Crippen LogP contribution in [0.4, 0.5) is 0 Å². The van der Waals surface area contributed by atoms with Crippen molar-refractivity contribution in [2.75, 3.05) is 13.1 Å². The number of likely N-dealkylation sites (tertiary alicyclic amines) is 1. The Morgan fingerprint density at radius 1 is 1.61 bits per heavy atom. The van der Waals surface area contributed by atoms with Crippen molar-refractivity contribution in [3.05, 3.63) is 0 Å². The quantitative estimate of drug-likeness (QED) is 0.830. The van der Waals surface area contributed by atoms with E-state index in [1.165, 1.54) is 0 Å². The average Bonchev–Trinajstić information content (AvgIpc) is 2.37. The van der Waals surface area contributed by atoms with Crippen LogP contribution < -0.4 is 5.32 Å². The maximum atomic E-state index is 12.2. The topological polar surface area (TPSA) is 56.1 Å². The number of rotatable bonds is 4. The summed E-state index contributed by atoms with van der Waals surface area (Å²) >= 11 is 0. The Morgan fingerprint density at radius 3 is 2.83 bits per heavy atom. The van der Waals surface area contributed by atoms with Crippen LogP contribution >= 0.6 is 0 Å². The maximum Gasteiger partial charge on any atom is 0.237 e. The van der Waals surface area contributed by atoms with Crippen LogP contribution in [0.25, 0.3) is 0 Å². The lowest BCUT2D eigenvalue weighted by Gasteiger charge is -2.35. The highest BCUT2D eigenvalue weighted by molar-refractivity contribution is 5.82. The molecule has 2 unspecified atom stereocenters. The molecule has 1 amide bonds. The van der Waals surface area contributed by atoms with Gasteiger partial charge in [0.05, 0.1) is 18.0 Å². The molecular formula is C14H25N3O. The third-order valence-corrected chi connectivity index (χ3v) is 3.91. The fourth-order valence-electron chi connectivity index (χ4n) is 2.16. The zero-order valence-electron chi connectivity index (χ0n) is 12.0. The summed E-state index contributed by atoms with van der Waals surface area (Å²) in [4.78, 5) is 14.3. The Kier molecular flexibility index (Phi) is 5.15. The van der Waals surface area contributed by atoms with E-state index < -0.39 is 0 Å². The van der Waals surface area contributed by atoms with E-state index in [2.05, 4.69) is 23.2 Å². The summed E-state index contributed by atoms with van der Waals surface area (Å²) in [7, 11) is 0. The standard InChI is InChI=1S/C14H25N3O/c1-5-14(3,4)16-13(18)11(2)17-8-6-7-12(9-15)10-17/h11-12H,5-8,10H2,1-4H3,(H,16,18). The minimum Gasteiger partial charge on any atom is -0.350 e. The molecule has 0 radical (unpaired) electrons. The first-order valence-corrected chi connectivity index (χ1v) is 6.85. The summed E-state index contributed by atoms with van der Waals surface area (Å²) in [6.07, 6.45) is 2.88. The molecule has 0 aromatic carbocycles. The van der Waals surface area contributed by atoms with E-state index in [0.29, 0.717) is 0 Å². The van der Waals surface area contributed by atoms with Crippen LogP contribution in [-0.4, -0.2) is 35.5 Å². The predicted octanol–water partition coefficient (Wildman–Crippen LogP) is 1.92. The summed E-state index contributed by atoms with van der Waals surface area (Å²) < 4.78 is 0. The number of carbonyl (C=O) groups excluding carboxylic acids is 1. The van der Waals surface area contributed by atoms with E-state index in [1.807, 2.05) is 20.8 Å². The molecule has 0 aromatic rings. The van der Waals surface area contributed by atoms with Crippen LogP contribution in [0.3, 0.4) is 0 Å². The van der Waals surface area contributed by atoms with Crippen molar-refractivity contribution in [2.24, 2.45) is 5.92 Å². The largest absolute Gasteiger partial charge is 0.350 e. The minimum absolute atomic E-state index is 0.0699. The van der Waals surface area contributed by atoms with Crippen molar-refractivity contribution in [3.8, 4) is 6.07 Å². The van der Waals surface area contributed by atoms with Crippen LogP contribution in [-0.2, 0) is 4.79 Å². The second-order valence-electron chi connectivity index (χ2n) is 5.87. The number of piperidine rings is 1. The highest BCUT2D eigenvalue weighted by Gasteiger charge is 2.29. The van der Waals surface area contributed by atoms with Gasteiger partial charge in [0, 0.05) is 12.1 Å². The predicted molar refractivity (Wildman–Crippen MR) is 71.9 cm³/mol. The van der Waals surface area contributed by atoms with Gasteiger partial charge in [-0.25, -0.2) is 0 Å². The molecule has 102 valence electrons. The van der Waals surface area contributed by atoms with Gasteiger partial charge in [0.15, 0.2) is 0 Å². The number of hydrogen-bond acceptors (Lipinski definition) is 3. The van der Waals surface area contributed by atoms with E-state index in [1.54, 1.807) is 0 Å². The number of carbonyl (C=O) groups is 1. The van der Waals surface area contributed by atoms with Gasteiger partial charge in [-0.1, -0.05) is 6.92 Å². The Bertz CT molecular complexity index is 332. The molecule has 4 heteroatoms. The second kappa shape index (κ2) is 6.19. The first-order chi connectivity index (χ1) is 8.39. The number of nitriles is 1. The third kappa shape index (κ3) is 3.99. The molecule has 0 saturated carbocycles. The zero-order valence-corrected chi connectivity index (χ0v) is 12.0. The van der Waals surface area contributed by atoms with Gasteiger partial charge in [0.2, 0.25) is 5.91 Å². The van der Waals surface area contributed by atoms with Crippen molar-refractivity contribution in [1.82, 2.24) is 10.2 Å². The minimum atomic E-state index is -0.157. The van der Waals surface area contributed by atoms with Gasteiger partial charge in [-0.3, -0.25) is 9.69 Å². The summed E-state index contributed by atoms with van der Waals surface area (Å²) in [5, 5.41) is 12.0. The molecule has 0 bridgehead atoms. The summed E-state index contributed by atoms with van der Waals surface area (Å²) in [6, 6.07) is 2.17. The Morgan fingerprint density at radius 2 is 2.28 bits per heavy atom. The van der Waals surface area contributed by atoms with Crippen LogP contribution in [0, 0.1) is 17.2 Å². The smallest absolute Gasteiger partial charge is 0.237 e. The Hall–Kier alpha value is -1.08. The van der Waals surface area contributed by atoms with Gasteiger partial charge in [0.25, 0.3) is 0 Å². The van der Waals surface area contributed by atoms with Gasteiger partial charge < -0.3 is 5.32 Å². The monoisotopic (exact) mass is 251 g/mol. The van der Waals surface area contributed by atoms with Crippen molar-refractivity contribution < 1.29 is 4.79 Å².